The highest BCUT2D eigenvalue weighted by molar-refractivity contribution is 9.10. The van der Waals surface area contributed by atoms with E-state index in [4.69, 9.17) is 5.73 Å². The highest BCUT2D eigenvalue weighted by Crippen LogP contribution is 2.44. The number of nitrogens with two attached hydrogens (primary N) is 1. The molecule has 1 aliphatic carbocycles. The van der Waals surface area contributed by atoms with Crippen LogP contribution in [0.2, 0.25) is 0 Å². The molecule has 0 saturated heterocycles. The molecule has 1 aromatic rings. The summed E-state index contributed by atoms with van der Waals surface area (Å²) in [5.41, 5.74) is 6.84. The molecule has 0 amide bonds. The quantitative estimate of drug-likeness (QED) is 0.716. The second kappa shape index (κ2) is 1.83. The predicted octanol–water partition coefficient (Wildman–Crippen LogP) is 1.12. The van der Waals surface area contributed by atoms with E-state index in [1.54, 1.807) is 6.20 Å². The molecule has 4 heteroatoms. The van der Waals surface area contributed by atoms with Crippen molar-refractivity contribution in [3.8, 4) is 0 Å². The largest absolute Gasteiger partial charge is 0.320 e. The summed E-state index contributed by atoms with van der Waals surface area (Å²) in [6.45, 7) is 0. The van der Waals surface area contributed by atoms with Gasteiger partial charge in [0.2, 0.25) is 0 Å². The van der Waals surface area contributed by atoms with Crippen LogP contribution in [-0.4, -0.2) is 10.2 Å². The van der Waals surface area contributed by atoms with Gasteiger partial charge in [-0.2, -0.15) is 5.10 Å². The smallest absolute Gasteiger partial charge is 0.0692 e. The normalized spacial score (nSPS) is 21.0. The first-order valence-corrected chi connectivity index (χ1v) is 4.00. The van der Waals surface area contributed by atoms with Gasteiger partial charge in [0.05, 0.1) is 21.9 Å². The lowest BCUT2D eigenvalue weighted by Crippen LogP contribution is -2.19. The number of hydrogen-bond donors (Lipinski definition) is 2. The Morgan fingerprint density at radius 1 is 1.70 bits per heavy atom. The van der Waals surface area contributed by atoms with Crippen LogP contribution in [0.3, 0.4) is 0 Å². The first kappa shape index (κ1) is 6.37. The van der Waals surface area contributed by atoms with Gasteiger partial charge in [-0.15, -0.1) is 0 Å². The molecule has 0 unspecified atom stereocenters. The van der Waals surface area contributed by atoms with E-state index in [1.165, 1.54) is 0 Å². The number of H-pyrrole nitrogens is 1. The number of hydrogen-bond acceptors (Lipinski definition) is 2. The predicted molar refractivity (Wildman–Crippen MR) is 41.4 cm³/mol. The van der Waals surface area contributed by atoms with Crippen molar-refractivity contribution in [3.05, 3.63) is 16.4 Å². The molecule has 0 spiro atoms. The minimum Gasteiger partial charge on any atom is -0.320 e. The molecule has 54 valence electrons. The highest BCUT2D eigenvalue weighted by atomic mass is 79.9. The topological polar surface area (TPSA) is 54.7 Å². The van der Waals surface area contributed by atoms with Crippen LogP contribution in [0.25, 0.3) is 0 Å². The zero-order chi connectivity index (χ0) is 7.19. The zero-order valence-corrected chi connectivity index (χ0v) is 6.98. The third-order valence-corrected chi connectivity index (χ3v) is 2.48. The van der Waals surface area contributed by atoms with Crippen molar-refractivity contribution in [2.75, 3.05) is 0 Å². The van der Waals surface area contributed by atoms with E-state index in [0.29, 0.717) is 0 Å². The van der Waals surface area contributed by atoms with E-state index in [2.05, 4.69) is 26.1 Å². The number of halogens is 1. The van der Waals surface area contributed by atoms with E-state index in [9.17, 15) is 0 Å². The summed E-state index contributed by atoms with van der Waals surface area (Å²) in [5.74, 6) is 0. The molecule has 1 heterocycles. The Hall–Kier alpha value is -0.350. The minimum absolute atomic E-state index is 0.102. The summed E-state index contributed by atoms with van der Waals surface area (Å²) in [7, 11) is 0. The second-order valence-electron chi connectivity index (χ2n) is 2.75. The summed E-state index contributed by atoms with van der Waals surface area (Å²) < 4.78 is 0.993. The highest BCUT2D eigenvalue weighted by Gasteiger charge is 2.42. The van der Waals surface area contributed by atoms with Crippen molar-refractivity contribution in [3.63, 3.8) is 0 Å². The Kier molecular flexibility index (Phi) is 1.16. The maximum Gasteiger partial charge on any atom is 0.0692 e. The van der Waals surface area contributed by atoms with Gasteiger partial charge >= 0.3 is 0 Å². The van der Waals surface area contributed by atoms with Gasteiger partial charge in [-0.05, 0) is 28.8 Å². The lowest BCUT2D eigenvalue weighted by molar-refractivity contribution is 0.699. The number of aromatic nitrogens is 2. The van der Waals surface area contributed by atoms with Gasteiger partial charge in [-0.1, -0.05) is 0 Å². The van der Waals surface area contributed by atoms with E-state index in [-0.39, 0.29) is 5.54 Å². The van der Waals surface area contributed by atoms with Crippen LogP contribution in [0.1, 0.15) is 18.5 Å². The molecule has 1 fully saturated rings. The lowest BCUT2D eigenvalue weighted by atomic mass is 10.2. The molecule has 10 heavy (non-hydrogen) atoms. The number of nitrogens with one attached hydrogen (secondary N) is 1. The van der Waals surface area contributed by atoms with E-state index < -0.39 is 0 Å². The average Bonchev–Trinajstić information content (AvgIpc) is 2.44. The van der Waals surface area contributed by atoms with Gasteiger partial charge in [0.25, 0.3) is 0 Å². The Balaban J connectivity index is 2.42. The summed E-state index contributed by atoms with van der Waals surface area (Å²) in [6.07, 6.45) is 3.86. The first-order chi connectivity index (χ1) is 4.72. The summed E-state index contributed by atoms with van der Waals surface area (Å²) in [4.78, 5) is 0. The van der Waals surface area contributed by atoms with Gasteiger partial charge in [-0.3, -0.25) is 5.10 Å². The van der Waals surface area contributed by atoms with Crippen LogP contribution in [0.15, 0.2) is 10.7 Å². The Labute approximate surface area is 67.1 Å². The number of rotatable bonds is 1. The van der Waals surface area contributed by atoms with Crippen molar-refractivity contribution in [1.82, 2.24) is 10.2 Å². The molecule has 0 radical (unpaired) electrons. The molecule has 2 rings (SSSR count). The fourth-order valence-corrected chi connectivity index (χ4v) is 1.59. The minimum atomic E-state index is -0.102. The fourth-order valence-electron chi connectivity index (χ4n) is 1.01. The molecule has 0 aromatic carbocycles. The van der Waals surface area contributed by atoms with Crippen LogP contribution in [-0.2, 0) is 5.54 Å². The van der Waals surface area contributed by atoms with Crippen LogP contribution in [0.4, 0.5) is 0 Å². The SMILES string of the molecule is NC1(c2[nH]ncc2Br)CC1. The standard InChI is InChI=1S/C6H8BrN3/c7-4-3-9-10-5(4)6(8)1-2-6/h3H,1-2,8H2,(H,9,10). The van der Waals surface area contributed by atoms with E-state index >= 15 is 0 Å². The second-order valence-corrected chi connectivity index (χ2v) is 3.60. The van der Waals surface area contributed by atoms with Crippen LogP contribution >= 0.6 is 15.9 Å². The molecule has 1 aromatic heterocycles. The van der Waals surface area contributed by atoms with Crippen LogP contribution < -0.4 is 5.73 Å². The molecule has 1 aliphatic rings. The van der Waals surface area contributed by atoms with Crippen LogP contribution in [0.5, 0.6) is 0 Å². The number of nitrogens with zero attached hydrogens (tertiary/aromatic N) is 1. The van der Waals surface area contributed by atoms with E-state index in [0.717, 1.165) is 23.0 Å². The van der Waals surface area contributed by atoms with Crippen LogP contribution in [0, 0.1) is 0 Å². The molecule has 3 N–H and O–H groups in total. The molecule has 0 aliphatic heterocycles. The first-order valence-electron chi connectivity index (χ1n) is 3.21. The third-order valence-electron chi connectivity index (χ3n) is 1.88. The maximum atomic E-state index is 5.91. The fraction of sp³-hybridized carbons (Fsp3) is 0.500. The van der Waals surface area contributed by atoms with Crippen molar-refractivity contribution < 1.29 is 0 Å². The Morgan fingerprint density at radius 3 is 2.80 bits per heavy atom. The van der Waals surface area contributed by atoms with Crippen molar-refractivity contribution in [2.24, 2.45) is 5.73 Å². The molecule has 1 saturated carbocycles. The molecule has 0 atom stereocenters. The Bertz CT molecular complexity index is 251. The van der Waals surface area contributed by atoms with Gasteiger partial charge in [0.15, 0.2) is 0 Å². The Morgan fingerprint density at radius 2 is 2.40 bits per heavy atom. The van der Waals surface area contributed by atoms with Gasteiger partial charge in [0.1, 0.15) is 0 Å². The summed E-state index contributed by atoms with van der Waals surface area (Å²) >= 11 is 3.37. The van der Waals surface area contributed by atoms with Gasteiger partial charge in [-0.25, -0.2) is 0 Å². The maximum absolute atomic E-state index is 5.91. The molecule has 0 bridgehead atoms. The molecular formula is C6H8BrN3. The van der Waals surface area contributed by atoms with Crippen molar-refractivity contribution in [1.29, 1.82) is 0 Å². The summed E-state index contributed by atoms with van der Waals surface area (Å²) in [5, 5.41) is 6.76. The summed E-state index contributed by atoms with van der Waals surface area (Å²) in [6, 6.07) is 0. The number of aromatic amines is 1. The third kappa shape index (κ3) is 0.793. The zero-order valence-electron chi connectivity index (χ0n) is 5.39. The molecule has 3 nitrogen and oxygen atoms in total. The van der Waals surface area contributed by atoms with Crippen molar-refractivity contribution >= 4 is 15.9 Å². The van der Waals surface area contributed by atoms with E-state index in [1.807, 2.05) is 0 Å². The van der Waals surface area contributed by atoms with Gasteiger partial charge in [0, 0.05) is 0 Å². The monoisotopic (exact) mass is 201 g/mol. The van der Waals surface area contributed by atoms with Gasteiger partial charge < -0.3 is 5.73 Å². The molecular weight excluding hydrogens is 194 g/mol. The average molecular weight is 202 g/mol. The lowest BCUT2D eigenvalue weighted by Gasteiger charge is -2.04. The van der Waals surface area contributed by atoms with Crippen molar-refractivity contribution in [2.45, 2.75) is 18.4 Å².